The molecule has 0 aliphatic carbocycles. The summed E-state index contributed by atoms with van der Waals surface area (Å²) in [4.78, 5) is 11.7. The number of halogens is 4. The van der Waals surface area contributed by atoms with Gasteiger partial charge in [-0.25, -0.2) is 4.79 Å². The summed E-state index contributed by atoms with van der Waals surface area (Å²) < 4.78 is 38.4. The molecule has 0 aliphatic heterocycles. The van der Waals surface area contributed by atoms with Crippen LogP contribution in [-0.4, -0.2) is 6.03 Å². The fourth-order valence-electron chi connectivity index (χ4n) is 1.79. The van der Waals surface area contributed by atoms with Crippen molar-refractivity contribution >= 4 is 29.4 Å². The van der Waals surface area contributed by atoms with Gasteiger partial charge in [0, 0.05) is 11.2 Å². The van der Waals surface area contributed by atoms with Gasteiger partial charge in [-0.05, 0) is 35.9 Å². The Bertz CT molecular complexity index is 712. The van der Waals surface area contributed by atoms with E-state index in [1.165, 1.54) is 24.4 Å². The van der Waals surface area contributed by atoms with Crippen molar-refractivity contribution in [1.82, 2.24) is 5.32 Å². The van der Waals surface area contributed by atoms with Crippen molar-refractivity contribution < 1.29 is 18.0 Å². The highest BCUT2D eigenvalue weighted by Gasteiger charge is 2.33. The standard InChI is InChI=1S/C16H12ClF3N2O/c17-12-7-5-11(6-8-12)9-10-21-15(23)22-14-4-2-1-3-13(14)16(18,19)20/h1-10H,(H2,21,22,23)/b10-9+. The molecule has 0 heterocycles. The maximum absolute atomic E-state index is 12.8. The summed E-state index contributed by atoms with van der Waals surface area (Å²) in [6.07, 6.45) is -1.62. The predicted molar refractivity (Wildman–Crippen MR) is 84.1 cm³/mol. The number of benzene rings is 2. The number of carbonyl (C=O) groups excluding carboxylic acids is 1. The average Bonchev–Trinajstić information content (AvgIpc) is 2.49. The Labute approximate surface area is 135 Å². The van der Waals surface area contributed by atoms with E-state index in [2.05, 4.69) is 10.6 Å². The van der Waals surface area contributed by atoms with Gasteiger partial charge in [-0.3, -0.25) is 0 Å². The Morgan fingerprint density at radius 1 is 1.04 bits per heavy atom. The first-order chi connectivity index (χ1) is 10.9. The monoisotopic (exact) mass is 340 g/mol. The molecule has 0 atom stereocenters. The molecule has 23 heavy (non-hydrogen) atoms. The number of anilines is 1. The van der Waals surface area contributed by atoms with Crippen molar-refractivity contribution in [2.24, 2.45) is 0 Å². The van der Waals surface area contributed by atoms with Crippen molar-refractivity contribution in [3.05, 3.63) is 70.9 Å². The molecule has 2 aromatic carbocycles. The summed E-state index contributed by atoms with van der Waals surface area (Å²) in [7, 11) is 0. The van der Waals surface area contributed by atoms with Gasteiger partial charge < -0.3 is 10.6 Å². The van der Waals surface area contributed by atoms with Crippen LogP contribution in [0.1, 0.15) is 11.1 Å². The van der Waals surface area contributed by atoms with E-state index in [4.69, 9.17) is 11.6 Å². The van der Waals surface area contributed by atoms with Gasteiger partial charge in [-0.1, -0.05) is 35.9 Å². The largest absolute Gasteiger partial charge is 0.418 e. The number of carbonyl (C=O) groups is 1. The molecule has 2 rings (SSSR count). The number of urea groups is 1. The quantitative estimate of drug-likeness (QED) is 0.797. The van der Waals surface area contributed by atoms with Crippen molar-refractivity contribution in [2.45, 2.75) is 6.18 Å². The topological polar surface area (TPSA) is 41.1 Å². The second kappa shape index (κ2) is 7.19. The van der Waals surface area contributed by atoms with Crippen LogP contribution >= 0.6 is 11.6 Å². The molecule has 0 unspecified atom stereocenters. The Balaban J connectivity index is 1.99. The zero-order valence-electron chi connectivity index (χ0n) is 11.7. The summed E-state index contributed by atoms with van der Waals surface area (Å²) in [5.41, 5.74) is -0.431. The smallest absolute Gasteiger partial charge is 0.314 e. The summed E-state index contributed by atoms with van der Waals surface area (Å²) in [6, 6.07) is 10.8. The number of nitrogens with one attached hydrogen (secondary N) is 2. The van der Waals surface area contributed by atoms with Gasteiger partial charge >= 0.3 is 12.2 Å². The van der Waals surface area contributed by atoms with Gasteiger partial charge in [-0.2, -0.15) is 13.2 Å². The fraction of sp³-hybridized carbons (Fsp3) is 0.0625. The molecular weight excluding hydrogens is 329 g/mol. The Morgan fingerprint density at radius 2 is 1.70 bits per heavy atom. The maximum atomic E-state index is 12.8. The third kappa shape index (κ3) is 5.03. The van der Waals surface area contributed by atoms with Gasteiger partial charge in [0.1, 0.15) is 0 Å². The Hall–Kier alpha value is -2.47. The van der Waals surface area contributed by atoms with Gasteiger partial charge in [0.25, 0.3) is 0 Å². The molecule has 0 radical (unpaired) electrons. The molecule has 2 amide bonds. The molecule has 0 saturated carbocycles. The Morgan fingerprint density at radius 3 is 2.35 bits per heavy atom. The second-order valence-electron chi connectivity index (χ2n) is 4.53. The zero-order valence-corrected chi connectivity index (χ0v) is 12.4. The van der Waals surface area contributed by atoms with E-state index in [1.54, 1.807) is 30.3 Å². The minimum Gasteiger partial charge on any atom is -0.314 e. The average molecular weight is 341 g/mol. The third-order valence-corrected chi connectivity index (χ3v) is 3.09. The van der Waals surface area contributed by atoms with Crippen molar-refractivity contribution in [3.63, 3.8) is 0 Å². The first-order valence-corrected chi connectivity index (χ1v) is 6.90. The normalized spacial score (nSPS) is 11.5. The van der Waals surface area contributed by atoms with Crippen LogP contribution in [0, 0.1) is 0 Å². The number of hydrogen-bond donors (Lipinski definition) is 2. The number of alkyl halides is 3. The van der Waals surface area contributed by atoms with E-state index in [-0.39, 0.29) is 5.69 Å². The number of amides is 2. The van der Waals surface area contributed by atoms with Gasteiger partial charge in [0.15, 0.2) is 0 Å². The summed E-state index contributed by atoms with van der Waals surface area (Å²) >= 11 is 5.74. The van der Waals surface area contributed by atoms with E-state index in [9.17, 15) is 18.0 Å². The van der Waals surface area contributed by atoms with E-state index in [0.29, 0.717) is 5.02 Å². The molecule has 3 nitrogen and oxygen atoms in total. The lowest BCUT2D eigenvalue weighted by atomic mass is 10.1. The summed E-state index contributed by atoms with van der Waals surface area (Å²) in [5, 5.41) is 5.09. The molecule has 2 N–H and O–H groups in total. The third-order valence-electron chi connectivity index (χ3n) is 2.84. The fourth-order valence-corrected chi connectivity index (χ4v) is 1.91. The van der Waals surface area contributed by atoms with Crippen molar-refractivity contribution in [2.75, 3.05) is 5.32 Å². The highest BCUT2D eigenvalue weighted by molar-refractivity contribution is 6.30. The maximum Gasteiger partial charge on any atom is 0.418 e. The lowest BCUT2D eigenvalue weighted by Crippen LogP contribution is -2.25. The molecular formula is C16H12ClF3N2O. The van der Waals surface area contributed by atoms with Crippen LogP contribution in [0.25, 0.3) is 6.08 Å². The lowest BCUT2D eigenvalue weighted by molar-refractivity contribution is -0.136. The first-order valence-electron chi connectivity index (χ1n) is 6.52. The molecule has 0 fully saturated rings. The number of para-hydroxylation sites is 1. The molecule has 0 saturated heterocycles. The van der Waals surface area contributed by atoms with Gasteiger partial charge in [0.05, 0.1) is 11.3 Å². The van der Waals surface area contributed by atoms with Crippen LogP contribution in [-0.2, 0) is 6.18 Å². The molecule has 0 aromatic heterocycles. The van der Waals surface area contributed by atoms with E-state index in [1.807, 2.05) is 0 Å². The van der Waals surface area contributed by atoms with Crippen LogP contribution in [0.5, 0.6) is 0 Å². The minimum atomic E-state index is -4.54. The molecule has 0 aliphatic rings. The van der Waals surface area contributed by atoms with Gasteiger partial charge in [-0.15, -0.1) is 0 Å². The predicted octanol–water partition coefficient (Wildman–Crippen LogP) is 5.15. The highest BCUT2D eigenvalue weighted by atomic mass is 35.5. The first kappa shape index (κ1) is 16.9. The van der Waals surface area contributed by atoms with Crippen LogP contribution in [0.15, 0.2) is 54.7 Å². The van der Waals surface area contributed by atoms with Crippen molar-refractivity contribution in [3.8, 4) is 0 Å². The highest BCUT2D eigenvalue weighted by Crippen LogP contribution is 2.34. The van der Waals surface area contributed by atoms with Crippen LogP contribution in [0.4, 0.5) is 23.7 Å². The second-order valence-corrected chi connectivity index (χ2v) is 4.96. The van der Waals surface area contributed by atoms with E-state index in [0.717, 1.165) is 11.6 Å². The Kier molecular flexibility index (Phi) is 5.28. The molecule has 0 bridgehead atoms. The number of rotatable bonds is 3. The lowest BCUT2D eigenvalue weighted by Gasteiger charge is -2.13. The molecule has 2 aromatic rings. The summed E-state index contributed by atoms with van der Waals surface area (Å²) in [5.74, 6) is 0. The molecule has 120 valence electrons. The summed E-state index contributed by atoms with van der Waals surface area (Å²) in [6.45, 7) is 0. The SMILES string of the molecule is O=C(N/C=C/c1ccc(Cl)cc1)Nc1ccccc1C(F)(F)F. The zero-order chi connectivity index (χ0) is 16.9. The van der Waals surface area contributed by atoms with Crippen LogP contribution in [0.2, 0.25) is 5.02 Å². The van der Waals surface area contributed by atoms with Gasteiger partial charge in [0.2, 0.25) is 0 Å². The van der Waals surface area contributed by atoms with Crippen LogP contribution < -0.4 is 10.6 Å². The molecule has 0 spiro atoms. The van der Waals surface area contributed by atoms with E-state index < -0.39 is 17.8 Å². The number of hydrogen-bond acceptors (Lipinski definition) is 1. The van der Waals surface area contributed by atoms with E-state index >= 15 is 0 Å². The van der Waals surface area contributed by atoms with Crippen LogP contribution in [0.3, 0.4) is 0 Å². The van der Waals surface area contributed by atoms with Crippen molar-refractivity contribution in [1.29, 1.82) is 0 Å². The molecule has 7 heteroatoms. The minimum absolute atomic E-state index is 0.308.